The maximum absolute atomic E-state index is 11.6. The molecule has 0 heterocycles. The monoisotopic (exact) mass is 297 g/mol. The van der Waals surface area contributed by atoms with Crippen LogP contribution in [0.4, 0.5) is 10.5 Å². The first kappa shape index (κ1) is 16.2. The van der Waals surface area contributed by atoms with E-state index < -0.39 is 24.0 Å². The average Bonchev–Trinajstić information content (AvgIpc) is 2.44. The van der Waals surface area contributed by atoms with Crippen LogP contribution < -0.4 is 21.1 Å². The summed E-state index contributed by atoms with van der Waals surface area (Å²) in [6.07, 6.45) is 0. The molecule has 0 spiro atoms. The quantitative estimate of drug-likeness (QED) is 0.492. The maximum atomic E-state index is 11.6. The van der Waals surface area contributed by atoms with Crippen LogP contribution in [0.5, 0.6) is 5.75 Å². The number of carboxylic acids is 2. The van der Waals surface area contributed by atoms with E-state index in [4.69, 9.17) is 20.7 Å². The largest absolute Gasteiger partial charge is 0.494 e. The summed E-state index contributed by atoms with van der Waals surface area (Å²) in [4.78, 5) is 33.1. The number of aromatic carboxylic acids is 1. The lowest BCUT2D eigenvalue weighted by molar-refractivity contribution is -0.138. The number of ether oxygens (including phenoxy) is 1. The van der Waals surface area contributed by atoms with Gasteiger partial charge in [0.05, 0.1) is 12.8 Å². The molecule has 0 saturated heterocycles. The van der Waals surface area contributed by atoms with Crippen LogP contribution in [0.25, 0.3) is 0 Å². The van der Waals surface area contributed by atoms with Crippen LogP contribution in [0.1, 0.15) is 10.4 Å². The number of hydrogen-bond acceptors (Lipinski definition) is 5. The number of carboxylic acid groups (broad SMARTS) is 2. The van der Waals surface area contributed by atoms with Gasteiger partial charge in [0.15, 0.2) is 5.75 Å². The van der Waals surface area contributed by atoms with Gasteiger partial charge in [0, 0.05) is 6.54 Å². The van der Waals surface area contributed by atoms with Gasteiger partial charge < -0.3 is 31.3 Å². The first-order chi connectivity index (χ1) is 9.86. The summed E-state index contributed by atoms with van der Waals surface area (Å²) >= 11 is 0. The summed E-state index contributed by atoms with van der Waals surface area (Å²) in [7, 11) is 1.27. The molecule has 0 aliphatic carbocycles. The van der Waals surface area contributed by atoms with Crippen LogP contribution >= 0.6 is 0 Å². The Morgan fingerprint density at radius 3 is 2.52 bits per heavy atom. The van der Waals surface area contributed by atoms with Gasteiger partial charge in [-0.15, -0.1) is 0 Å². The molecule has 9 heteroatoms. The molecule has 0 bridgehead atoms. The van der Waals surface area contributed by atoms with Crippen molar-refractivity contribution in [1.82, 2.24) is 5.32 Å². The van der Waals surface area contributed by atoms with Gasteiger partial charge >= 0.3 is 18.0 Å². The Balaban J connectivity index is 2.79. The normalized spacial score (nSPS) is 11.3. The second kappa shape index (κ2) is 7.10. The Kier molecular flexibility index (Phi) is 5.49. The standard InChI is InChI=1S/C12H15N3O6/c1-21-9-6(10(16)17)3-2-4-8(9)15-12(20)14-5-7(13)11(18)19/h2-4,7H,5,13H2,1H3,(H,16,17)(H,18,19)(H2,14,15,20)/t7-/m0/s1. The Labute approximate surface area is 119 Å². The third kappa shape index (κ3) is 4.35. The number of urea groups is 1. The van der Waals surface area contributed by atoms with Gasteiger partial charge in [-0.05, 0) is 12.1 Å². The maximum Gasteiger partial charge on any atom is 0.339 e. The minimum absolute atomic E-state index is 0.0114. The van der Waals surface area contributed by atoms with Gasteiger partial charge in [-0.3, -0.25) is 4.79 Å². The van der Waals surface area contributed by atoms with Crippen molar-refractivity contribution in [2.75, 3.05) is 19.0 Å². The highest BCUT2D eigenvalue weighted by molar-refractivity contribution is 5.97. The summed E-state index contributed by atoms with van der Waals surface area (Å²) < 4.78 is 4.96. The molecule has 0 unspecified atom stereocenters. The summed E-state index contributed by atoms with van der Waals surface area (Å²) in [5.41, 5.74) is 5.26. The fourth-order valence-electron chi connectivity index (χ4n) is 1.48. The van der Waals surface area contributed by atoms with Crippen LogP contribution in [-0.4, -0.2) is 47.9 Å². The molecule has 0 saturated carbocycles. The van der Waals surface area contributed by atoms with Gasteiger partial charge in [-0.1, -0.05) is 6.07 Å². The number of anilines is 1. The highest BCUT2D eigenvalue weighted by atomic mass is 16.5. The van der Waals surface area contributed by atoms with E-state index >= 15 is 0 Å². The number of carbonyl (C=O) groups excluding carboxylic acids is 1. The molecule has 0 aliphatic rings. The molecular weight excluding hydrogens is 282 g/mol. The van der Waals surface area contributed by atoms with Gasteiger partial charge in [-0.25, -0.2) is 9.59 Å². The van der Waals surface area contributed by atoms with Gasteiger partial charge in [0.25, 0.3) is 0 Å². The van der Waals surface area contributed by atoms with E-state index in [9.17, 15) is 14.4 Å². The van der Waals surface area contributed by atoms with Crippen LogP contribution in [0, 0.1) is 0 Å². The number of hydrogen-bond donors (Lipinski definition) is 5. The van der Waals surface area contributed by atoms with Crippen molar-refractivity contribution in [1.29, 1.82) is 0 Å². The van der Waals surface area contributed by atoms with E-state index in [0.29, 0.717) is 0 Å². The molecule has 0 fully saturated rings. The fourth-order valence-corrected chi connectivity index (χ4v) is 1.48. The first-order valence-electron chi connectivity index (χ1n) is 5.80. The van der Waals surface area contributed by atoms with Gasteiger partial charge in [-0.2, -0.15) is 0 Å². The van der Waals surface area contributed by atoms with Crippen molar-refractivity contribution in [3.05, 3.63) is 23.8 Å². The van der Waals surface area contributed by atoms with Crippen molar-refractivity contribution < 1.29 is 29.3 Å². The molecule has 2 amide bonds. The predicted octanol–water partition coefficient (Wildman–Crippen LogP) is -0.0732. The lowest BCUT2D eigenvalue weighted by Gasteiger charge is -2.13. The van der Waals surface area contributed by atoms with E-state index in [-0.39, 0.29) is 23.5 Å². The molecule has 0 radical (unpaired) electrons. The number of para-hydroxylation sites is 1. The highest BCUT2D eigenvalue weighted by Crippen LogP contribution is 2.28. The van der Waals surface area contributed by atoms with E-state index in [0.717, 1.165) is 0 Å². The predicted molar refractivity (Wildman–Crippen MR) is 72.6 cm³/mol. The zero-order valence-corrected chi connectivity index (χ0v) is 11.1. The van der Waals surface area contributed by atoms with Crippen molar-refractivity contribution in [3.8, 4) is 5.75 Å². The van der Waals surface area contributed by atoms with Crippen molar-refractivity contribution in [3.63, 3.8) is 0 Å². The molecule has 1 aromatic rings. The molecule has 9 nitrogen and oxygen atoms in total. The summed E-state index contributed by atoms with van der Waals surface area (Å²) in [5, 5.41) is 22.2. The Morgan fingerprint density at radius 1 is 1.33 bits per heavy atom. The Hall–Kier alpha value is -2.81. The fraction of sp³-hybridized carbons (Fsp3) is 0.250. The number of methoxy groups -OCH3 is 1. The number of rotatable bonds is 6. The summed E-state index contributed by atoms with van der Waals surface area (Å²) in [5.74, 6) is -2.47. The summed E-state index contributed by atoms with van der Waals surface area (Å²) in [6.45, 7) is -0.276. The number of benzene rings is 1. The molecule has 1 rings (SSSR count). The lowest BCUT2D eigenvalue weighted by atomic mass is 10.1. The number of carbonyl (C=O) groups is 3. The van der Waals surface area contributed by atoms with E-state index in [1.165, 1.54) is 25.3 Å². The minimum atomic E-state index is -1.25. The molecular formula is C12H15N3O6. The molecule has 0 aromatic heterocycles. The van der Waals surface area contributed by atoms with Crippen LogP contribution in [0.3, 0.4) is 0 Å². The second-order valence-electron chi connectivity index (χ2n) is 3.97. The van der Waals surface area contributed by atoms with Crippen LogP contribution in [-0.2, 0) is 4.79 Å². The molecule has 21 heavy (non-hydrogen) atoms. The van der Waals surface area contributed by atoms with Gasteiger partial charge in [0.2, 0.25) is 0 Å². The van der Waals surface area contributed by atoms with Crippen LogP contribution in [0.2, 0.25) is 0 Å². The highest BCUT2D eigenvalue weighted by Gasteiger charge is 2.17. The average molecular weight is 297 g/mol. The smallest absolute Gasteiger partial charge is 0.339 e. The van der Waals surface area contributed by atoms with Crippen molar-refractivity contribution >= 4 is 23.7 Å². The number of amides is 2. The first-order valence-corrected chi connectivity index (χ1v) is 5.80. The van der Waals surface area contributed by atoms with Crippen LogP contribution in [0.15, 0.2) is 18.2 Å². The number of nitrogens with two attached hydrogens (primary N) is 1. The lowest BCUT2D eigenvalue weighted by Crippen LogP contribution is -2.43. The molecule has 0 aliphatic heterocycles. The third-order valence-corrected chi connectivity index (χ3v) is 2.50. The third-order valence-electron chi connectivity index (χ3n) is 2.50. The Morgan fingerprint density at radius 2 is 2.00 bits per heavy atom. The molecule has 114 valence electrons. The van der Waals surface area contributed by atoms with Crippen molar-refractivity contribution in [2.45, 2.75) is 6.04 Å². The minimum Gasteiger partial charge on any atom is -0.494 e. The van der Waals surface area contributed by atoms with Crippen molar-refractivity contribution in [2.24, 2.45) is 5.73 Å². The Bertz CT molecular complexity index is 560. The second-order valence-corrected chi connectivity index (χ2v) is 3.97. The molecule has 1 atom stereocenters. The van der Waals surface area contributed by atoms with E-state index in [1.807, 2.05) is 0 Å². The molecule has 6 N–H and O–H groups in total. The van der Waals surface area contributed by atoms with E-state index in [2.05, 4.69) is 10.6 Å². The van der Waals surface area contributed by atoms with E-state index in [1.54, 1.807) is 0 Å². The van der Waals surface area contributed by atoms with Gasteiger partial charge in [0.1, 0.15) is 11.6 Å². The summed E-state index contributed by atoms with van der Waals surface area (Å²) in [6, 6.07) is 2.24. The SMILES string of the molecule is COc1c(NC(=O)NC[C@H](N)C(=O)O)cccc1C(=O)O. The zero-order chi connectivity index (χ0) is 16.0. The zero-order valence-electron chi connectivity index (χ0n) is 11.1. The number of nitrogens with one attached hydrogen (secondary N) is 2. The number of aliphatic carboxylic acids is 1. The topological polar surface area (TPSA) is 151 Å². The molecule has 1 aromatic carbocycles.